The number of aryl methyl sites for hydroxylation is 1. The molecule has 0 aliphatic heterocycles. The van der Waals surface area contributed by atoms with Gasteiger partial charge in [0.1, 0.15) is 11.7 Å². The van der Waals surface area contributed by atoms with Crippen LogP contribution < -0.4 is 11.1 Å². The predicted molar refractivity (Wildman–Crippen MR) is 88.4 cm³/mol. The highest BCUT2D eigenvalue weighted by atomic mass is 79.9. The molecule has 0 fully saturated rings. The number of amidine groups is 1. The van der Waals surface area contributed by atoms with Gasteiger partial charge in [-0.1, -0.05) is 25.4 Å². The number of nitrogens with zero attached hydrogens (tertiary/aromatic N) is 1. The van der Waals surface area contributed by atoms with E-state index in [0.29, 0.717) is 4.47 Å². The Morgan fingerprint density at radius 1 is 1.43 bits per heavy atom. The van der Waals surface area contributed by atoms with E-state index in [0.717, 1.165) is 37.1 Å². The summed E-state index contributed by atoms with van der Waals surface area (Å²) in [5.41, 5.74) is 7.16. The van der Waals surface area contributed by atoms with E-state index in [1.54, 1.807) is 6.07 Å². The van der Waals surface area contributed by atoms with Gasteiger partial charge in [0.05, 0.1) is 4.47 Å². The largest absolute Gasteiger partial charge is 0.409 e. The van der Waals surface area contributed by atoms with E-state index in [4.69, 9.17) is 10.9 Å². The summed E-state index contributed by atoms with van der Waals surface area (Å²) >= 11 is 3.19. The van der Waals surface area contributed by atoms with Crippen LogP contribution >= 0.6 is 15.9 Å². The zero-order chi connectivity index (χ0) is 16.0. The summed E-state index contributed by atoms with van der Waals surface area (Å²) in [6, 6.07) is 3.26. The van der Waals surface area contributed by atoms with Crippen molar-refractivity contribution in [1.29, 1.82) is 0 Å². The van der Waals surface area contributed by atoms with Crippen LogP contribution in [0.4, 0.5) is 10.1 Å². The Bertz CT molecular complexity index is 518. The summed E-state index contributed by atoms with van der Waals surface area (Å²) in [5.74, 6) is 0.00679. The van der Waals surface area contributed by atoms with Crippen LogP contribution in [-0.2, 0) is 0 Å². The van der Waals surface area contributed by atoms with Crippen LogP contribution in [0.3, 0.4) is 0 Å². The summed E-state index contributed by atoms with van der Waals surface area (Å²) in [4.78, 5) is 0. The Morgan fingerprint density at radius 3 is 2.71 bits per heavy atom. The number of hydrogen-bond acceptors (Lipinski definition) is 3. The van der Waals surface area contributed by atoms with Gasteiger partial charge in [0, 0.05) is 17.6 Å². The Hall–Kier alpha value is -1.30. The summed E-state index contributed by atoms with van der Waals surface area (Å²) in [6.45, 7) is 6.58. The molecule has 0 bridgehead atoms. The van der Waals surface area contributed by atoms with Crippen LogP contribution in [0.5, 0.6) is 0 Å². The summed E-state index contributed by atoms with van der Waals surface area (Å²) < 4.78 is 13.8. The van der Waals surface area contributed by atoms with Gasteiger partial charge in [0.25, 0.3) is 0 Å². The summed E-state index contributed by atoms with van der Waals surface area (Å²) in [5, 5.41) is 15.1. The maximum atomic E-state index is 13.3. The molecule has 4 nitrogen and oxygen atoms in total. The number of unbranched alkanes of at least 4 members (excludes halogenated alkanes) is 1. The normalized spacial score (nSPS) is 12.5. The fourth-order valence-electron chi connectivity index (χ4n) is 2.02. The standard InChI is InChI=1S/C15H23BrFN3O/c1-10-8-12(17)11(16)9-13(10)19-7-5-4-6-15(2,3)14(18)20-21/h8-9,19,21H,4-7H2,1-3H3,(H2,18,20). The lowest BCUT2D eigenvalue weighted by molar-refractivity contribution is 0.304. The molecule has 21 heavy (non-hydrogen) atoms. The van der Waals surface area contributed by atoms with Crippen LogP contribution in [0.25, 0.3) is 0 Å². The van der Waals surface area contributed by atoms with E-state index in [2.05, 4.69) is 26.4 Å². The molecule has 1 aromatic carbocycles. The Kier molecular flexibility index (Phi) is 6.45. The molecular weight excluding hydrogens is 337 g/mol. The van der Waals surface area contributed by atoms with E-state index < -0.39 is 0 Å². The molecule has 0 aliphatic carbocycles. The molecule has 0 unspecified atom stereocenters. The minimum absolute atomic E-state index is 0.251. The van der Waals surface area contributed by atoms with E-state index in [1.807, 2.05) is 20.8 Å². The van der Waals surface area contributed by atoms with Crippen molar-refractivity contribution in [1.82, 2.24) is 0 Å². The van der Waals surface area contributed by atoms with Crippen molar-refractivity contribution in [2.75, 3.05) is 11.9 Å². The van der Waals surface area contributed by atoms with Gasteiger partial charge in [-0.2, -0.15) is 0 Å². The van der Waals surface area contributed by atoms with Crippen molar-refractivity contribution in [3.05, 3.63) is 28.0 Å². The highest BCUT2D eigenvalue weighted by Crippen LogP contribution is 2.25. The van der Waals surface area contributed by atoms with E-state index in [-0.39, 0.29) is 17.1 Å². The molecule has 1 aromatic rings. The molecule has 0 saturated carbocycles. The molecule has 4 N–H and O–H groups in total. The van der Waals surface area contributed by atoms with Crippen LogP contribution in [0, 0.1) is 18.2 Å². The first-order valence-electron chi connectivity index (χ1n) is 6.95. The zero-order valence-corrected chi connectivity index (χ0v) is 14.3. The van der Waals surface area contributed by atoms with Crippen molar-refractivity contribution in [2.24, 2.45) is 16.3 Å². The van der Waals surface area contributed by atoms with Crippen molar-refractivity contribution in [2.45, 2.75) is 40.0 Å². The lowest BCUT2D eigenvalue weighted by Gasteiger charge is -2.22. The lowest BCUT2D eigenvalue weighted by Crippen LogP contribution is -2.31. The average Bonchev–Trinajstić information content (AvgIpc) is 2.42. The van der Waals surface area contributed by atoms with Crippen LogP contribution in [0.15, 0.2) is 21.8 Å². The first-order valence-corrected chi connectivity index (χ1v) is 7.75. The van der Waals surface area contributed by atoms with E-state index in [1.165, 1.54) is 6.07 Å². The van der Waals surface area contributed by atoms with Crippen LogP contribution in [0.1, 0.15) is 38.7 Å². The minimum atomic E-state index is -0.302. The Morgan fingerprint density at radius 2 is 2.10 bits per heavy atom. The van der Waals surface area contributed by atoms with Gasteiger partial charge in [0.2, 0.25) is 0 Å². The molecule has 0 aromatic heterocycles. The van der Waals surface area contributed by atoms with Crippen LogP contribution in [0.2, 0.25) is 0 Å². The monoisotopic (exact) mass is 359 g/mol. The highest BCUT2D eigenvalue weighted by molar-refractivity contribution is 9.10. The highest BCUT2D eigenvalue weighted by Gasteiger charge is 2.22. The minimum Gasteiger partial charge on any atom is -0.409 e. The molecule has 1 rings (SSSR count). The van der Waals surface area contributed by atoms with Crippen molar-refractivity contribution in [3.63, 3.8) is 0 Å². The fourth-order valence-corrected chi connectivity index (χ4v) is 2.36. The van der Waals surface area contributed by atoms with Gasteiger partial charge in [-0.15, -0.1) is 0 Å². The molecule has 0 heterocycles. The second-order valence-electron chi connectivity index (χ2n) is 5.83. The Labute approximate surface area is 133 Å². The third-order valence-electron chi connectivity index (χ3n) is 3.61. The molecule has 0 saturated heterocycles. The number of benzene rings is 1. The number of nitrogens with two attached hydrogens (primary N) is 1. The third-order valence-corrected chi connectivity index (χ3v) is 4.22. The topological polar surface area (TPSA) is 70.6 Å². The van der Waals surface area contributed by atoms with Crippen molar-refractivity contribution >= 4 is 27.5 Å². The SMILES string of the molecule is Cc1cc(F)c(Br)cc1NCCCCC(C)(C)/C(N)=N/O. The maximum absolute atomic E-state index is 13.3. The van der Waals surface area contributed by atoms with Gasteiger partial charge >= 0.3 is 0 Å². The average molecular weight is 360 g/mol. The first-order chi connectivity index (χ1) is 9.77. The molecule has 0 amide bonds. The molecule has 0 spiro atoms. The van der Waals surface area contributed by atoms with Gasteiger partial charge in [-0.3, -0.25) is 0 Å². The second kappa shape index (κ2) is 7.64. The Balaban J connectivity index is 2.40. The molecule has 0 aliphatic rings. The number of halogens is 2. The number of hydrogen-bond donors (Lipinski definition) is 3. The van der Waals surface area contributed by atoms with Crippen LogP contribution in [-0.4, -0.2) is 17.6 Å². The van der Waals surface area contributed by atoms with Gasteiger partial charge in [-0.05, 0) is 53.4 Å². The molecule has 6 heteroatoms. The zero-order valence-electron chi connectivity index (χ0n) is 12.7. The van der Waals surface area contributed by atoms with Crippen molar-refractivity contribution in [3.8, 4) is 0 Å². The third kappa shape index (κ3) is 5.19. The maximum Gasteiger partial charge on any atom is 0.144 e. The van der Waals surface area contributed by atoms with E-state index in [9.17, 15) is 4.39 Å². The van der Waals surface area contributed by atoms with Gasteiger partial charge < -0.3 is 16.3 Å². The van der Waals surface area contributed by atoms with E-state index >= 15 is 0 Å². The predicted octanol–water partition coefficient (Wildman–Crippen LogP) is 4.25. The number of nitrogens with one attached hydrogen (secondary N) is 1. The number of oxime groups is 1. The van der Waals surface area contributed by atoms with Gasteiger partial charge in [0.15, 0.2) is 0 Å². The number of rotatable bonds is 7. The molecular formula is C15H23BrFN3O. The summed E-state index contributed by atoms with van der Waals surface area (Å²) in [6.07, 6.45) is 2.75. The molecule has 0 atom stereocenters. The van der Waals surface area contributed by atoms with Gasteiger partial charge in [-0.25, -0.2) is 4.39 Å². The lowest BCUT2D eigenvalue weighted by atomic mass is 9.86. The van der Waals surface area contributed by atoms with Crippen molar-refractivity contribution < 1.29 is 9.60 Å². The summed E-state index contributed by atoms with van der Waals surface area (Å²) in [7, 11) is 0. The quantitative estimate of drug-likeness (QED) is 0.224. The second-order valence-corrected chi connectivity index (χ2v) is 6.69. The molecule has 0 radical (unpaired) electrons. The first kappa shape index (κ1) is 17.8. The fraction of sp³-hybridized carbons (Fsp3) is 0.533. The smallest absolute Gasteiger partial charge is 0.144 e. The molecule has 118 valence electrons. The number of anilines is 1.